The molecule has 1 N–H and O–H groups in total. The van der Waals surface area contributed by atoms with Crippen molar-refractivity contribution in [2.45, 2.75) is 70.6 Å². The normalized spacial score (nSPS) is 21.7. The molecule has 0 amide bonds. The highest BCUT2D eigenvalue weighted by molar-refractivity contribution is 7.80. The van der Waals surface area contributed by atoms with Gasteiger partial charge in [0, 0.05) is 42.6 Å². The van der Waals surface area contributed by atoms with E-state index in [-0.39, 0.29) is 12.1 Å². The topological polar surface area (TPSA) is 46.0 Å². The van der Waals surface area contributed by atoms with Crippen molar-refractivity contribution < 1.29 is 0 Å². The molecule has 2 aliphatic rings. The Labute approximate surface area is 195 Å². The molecular weight excluding hydrogens is 414 g/mol. The highest BCUT2D eigenvalue weighted by Crippen LogP contribution is 2.43. The summed E-state index contributed by atoms with van der Waals surface area (Å²) in [5, 5.41) is 4.36. The maximum atomic E-state index is 5.86. The molecule has 2 atom stereocenters. The van der Waals surface area contributed by atoms with Gasteiger partial charge in [0.15, 0.2) is 5.11 Å². The molecule has 5 nitrogen and oxygen atoms in total. The Morgan fingerprint density at radius 2 is 1.91 bits per heavy atom. The van der Waals surface area contributed by atoms with Gasteiger partial charge in [0.2, 0.25) is 0 Å². The molecule has 1 saturated heterocycles. The Kier molecular flexibility index (Phi) is 5.96. The molecule has 0 unspecified atom stereocenters. The molecule has 0 bridgehead atoms. The van der Waals surface area contributed by atoms with Gasteiger partial charge in [-0.15, -0.1) is 0 Å². The second-order valence-corrected chi connectivity index (χ2v) is 9.49. The van der Waals surface area contributed by atoms with Crippen molar-refractivity contribution in [3.63, 3.8) is 0 Å². The fourth-order valence-corrected chi connectivity index (χ4v) is 5.91. The maximum absolute atomic E-state index is 5.86. The zero-order valence-corrected chi connectivity index (χ0v) is 19.7. The van der Waals surface area contributed by atoms with E-state index >= 15 is 0 Å². The Balaban J connectivity index is 1.57. The Bertz CT molecular complexity index is 1070. The second kappa shape index (κ2) is 9.02. The van der Waals surface area contributed by atoms with Gasteiger partial charge in [0.05, 0.1) is 17.8 Å². The molecule has 32 heavy (non-hydrogen) atoms. The van der Waals surface area contributed by atoms with Gasteiger partial charge in [-0.2, -0.15) is 0 Å². The first kappa shape index (κ1) is 21.1. The number of hydrogen-bond acceptors (Lipinski definition) is 3. The van der Waals surface area contributed by atoms with Crippen molar-refractivity contribution in [3.8, 4) is 0 Å². The van der Waals surface area contributed by atoms with Gasteiger partial charge >= 0.3 is 0 Å². The highest BCUT2D eigenvalue weighted by atomic mass is 32.1. The van der Waals surface area contributed by atoms with Crippen LogP contribution in [0.25, 0.3) is 0 Å². The van der Waals surface area contributed by atoms with Gasteiger partial charge in [-0.1, -0.05) is 31.4 Å². The van der Waals surface area contributed by atoms with E-state index < -0.39 is 0 Å². The van der Waals surface area contributed by atoms with Crippen molar-refractivity contribution in [1.82, 2.24) is 24.8 Å². The number of rotatable bonds is 5. The van der Waals surface area contributed by atoms with E-state index in [1.165, 1.54) is 49.1 Å². The van der Waals surface area contributed by atoms with Crippen molar-refractivity contribution in [2.75, 3.05) is 0 Å². The zero-order valence-electron chi connectivity index (χ0n) is 18.9. The first-order valence-electron chi connectivity index (χ1n) is 11.7. The summed E-state index contributed by atoms with van der Waals surface area (Å²) < 4.78 is 2.59. The minimum Gasteiger partial charge on any atom is -0.352 e. The molecule has 1 saturated carbocycles. The molecule has 0 aromatic carbocycles. The van der Waals surface area contributed by atoms with E-state index in [4.69, 9.17) is 17.2 Å². The zero-order chi connectivity index (χ0) is 22.1. The van der Waals surface area contributed by atoms with Crippen LogP contribution in [-0.4, -0.2) is 24.5 Å². The quantitative estimate of drug-likeness (QED) is 0.520. The SMILES string of the molecule is Cc1cc([C@H]2[C@H](c3ccccn3)NC(=S)N2Cc2cccnc2)c(C)n1C1CCCCC1. The Morgan fingerprint density at radius 3 is 2.62 bits per heavy atom. The number of thiocarbonyl (C=S) groups is 1. The first-order chi connectivity index (χ1) is 15.6. The van der Waals surface area contributed by atoms with Gasteiger partial charge in [-0.3, -0.25) is 9.97 Å². The number of hydrogen-bond donors (Lipinski definition) is 1. The van der Waals surface area contributed by atoms with E-state index in [1.807, 2.05) is 30.7 Å². The van der Waals surface area contributed by atoms with Crippen molar-refractivity contribution in [3.05, 3.63) is 83.2 Å². The van der Waals surface area contributed by atoms with Crippen LogP contribution >= 0.6 is 12.2 Å². The second-order valence-electron chi connectivity index (χ2n) is 9.10. The monoisotopic (exact) mass is 445 g/mol. The number of aryl methyl sites for hydroxylation is 1. The van der Waals surface area contributed by atoms with Gasteiger partial charge in [0.25, 0.3) is 0 Å². The summed E-state index contributed by atoms with van der Waals surface area (Å²) in [4.78, 5) is 11.3. The summed E-state index contributed by atoms with van der Waals surface area (Å²) in [6.07, 6.45) is 12.2. The van der Waals surface area contributed by atoms with Crippen molar-refractivity contribution in [2.24, 2.45) is 0 Å². The Hall–Kier alpha value is -2.73. The van der Waals surface area contributed by atoms with E-state index in [2.05, 4.69) is 57.9 Å². The summed E-state index contributed by atoms with van der Waals surface area (Å²) in [5.41, 5.74) is 6.24. The summed E-state index contributed by atoms with van der Waals surface area (Å²) in [7, 11) is 0. The van der Waals surface area contributed by atoms with E-state index in [1.54, 1.807) is 0 Å². The first-order valence-corrected chi connectivity index (χ1v) is 12.1. The predicted octanol–water partition coefficient (Wildman–Crippen LogP) is 5.57. The molecular formula is C26H31N5S. The lowest BCUT2D eigenvalue weighted by atomic mass is 9.94. The molecule has 1 aliphatic carbocycles. The van der Waals surface area contributed by atoms with E-state index in [9.17, 15) is 0 Å². The third-order valence-corrected chi connectivity index (χ3v) is 7.41. The summed E-state index contributed by atoms with van der Waals surface area (Å²) >= 11 is 5.86. The minimum atomic E-state index is 0.0145. The van der Waals surface area contributed by atoms with Crippen LogP contribution in [0.15, 0.2) is 55.0 Å². The average molecular weight is 446 g/mol. The van der Waals surface area contributed by atoms with Crippen LogP contribution in [0.4, 0.5) is 0 Å². The molecule has 5 rings (SSSR count). The van der Waals surface area contributed by atoms with Crippen molar-refractivity contribution >= 4 is 17.3 Å². The van der Waals surface area contributed by atoms with Crippen LogP contribution in [0.3, 0.4) is 0 Å². The third-order valence-electron chi connectivity index (χ3n) is 7.06. The maximum Gasteiger partial charge on any atom is 0.170 e. The lowest BCUT2D eigenvalue weighted by molar-refractivity contribution is 0.306. The van der Waals surface area contributed by atoms with Crippen LogP contribution in [0.2, 0.25) is 0 Å². The third kappa shape index (κ3) is 3.92. The molecule has 6 heteroatoms. The summed E-state index contributed by atoms with van der Waals surface area (Å²) in [6.45, 7) is 5.27. The van der Waals surface area contributed by atoms with Crippen LogP contribution in [0, 0.1) is 13.8 Å². The van der Waals surface area contributed by atoms with E-state index in [0.29, 0.717) is 6.04 Å². The minimum absolute atomic E-state index is 0.0145. The van der Waals surface area contributed by atoms with Crippen LogP contribution in [0.5, 0.6) is 0 Å². The van der Waals surface area contributed by atoms with Gasteiger partial charge < -0.3 is 14.8 Å². The lowest BCUT2D eigenvalue weighted by Crippen LogP contribution is -2.29. The fraction of sp³-hybridized carbons (Fsp3) is 0.423. The molecule has 0 spiro atoms. The number of nitrogens with zero attached hydrogens (tertiary/aromatic N) is 4. The average Bonchev–Trinajstić information content (AvgIpc) is 3.30. The number of pyridine rings is 2. The van der Waals surface area contributed by atoms with Crippen LogP contribution in [-0.2, 0) is 6.54 Å². The Morgan fingerprint density at radius 1 is 1.06 bits per heavy atom. The molecule has 166 valence electrons. The van der Waals surface area contributed by atoms with Gasteiger partial charge in [0.1, 0.15) is 0 Å². The lowest BCUT2D eigenvalue weighted by Gasteiger charge is -2.29. The van der Waals surface area contributed by atoms with Crippen molar-refractivity contribution in [1.29, 1.82) is 0 Å². The smallest absolute Gasteiger partial charge is 0.170 e. The van der Waals surface area contributed by atoms with E-state index in [0.717, 1.165) is 22.9 Å². The largest absolute Gasteiger partial charge is 0.352 e. The molecule has 0 radical (unpaired) electrons. The van der Waals surface area contributed by atoms with Crippen LogP contribution < -0.4 is 5.32 Å². The molecule has 4 heterocycles. The number of aromatic nitrogens is 3. The molecule has 2 fully saturated rings. The summed E-state index contributed by atoms with van der Waals surface area (Å²) in [5.74, 6) is 0. The molecule has 3 aromatic rings. The molecule has 1 aliphatic heterocycles. The molecule has 3 aromatic heterocycles. The van der Waals surface area contributed by atoms with Crippen LogP contribution in [0.1, 0.15) is 78.4 Å². The highest BCUT2D eigenvalue weighted by Gasteiger charge is 2.41. The standard InChI is InChI=1S/C26H31N5S/c1-18-15-22(19(2)31(18)21-10-4-3-5-11-21)25-24(23-12-6-7-14-28-23)29-26(32)30(25)17-20-9-8-13-27-16-20/h6-9,12-16,21,24-25H,3-5,10-11,17H2,1-2H3,(H,29,32)/t24-,25-/m0/s1. The fourth-order valence-electron chi connectivity index (χ4n) is 5.61. The van der Waals surface area contributed by atoms with Gasteiger partial charge in [-0.25, -0.2) is 0 Å². The predicted molar refractivity (Wildman–Crippen MR) is 131 cm³/mol. The summed E-state index contributed by atoms with van der Waals surface area (Å²) in [6, 6.07) is 13.3. The van der Waals surface area contributed by atoms with Gasteiger partial charge in [-0.05, 0) is 74.3 Å². The number of nitrogens with one attached hydrogen (secondary N) is 1.